The maximum Gasteiger partial charge on any atom is 0.485 e. The van der Waals surface area contributed by atoms with Gasteiger partial charge in [0.25, 0.3) is 0 Å². The lowest BCUT2D eigenvalue weighted by molar-refractivity contribution is -0.735. The quantitative estimate of drug-likeness (QED) is 0.0928. The van der Waals surface area contributed by atoms with Crippen LogP contribution in [0.25, 0.3) is 0 Å². The first-order valence-electron chi connectivity index (χ1n) is 6.80. The van der Waals surface area contributed by atoms with Crippen molar-refractivity contribution in [3.63, 3.8) is 0 Å². The topological polar surface area (TPSA) is 149 Å². The normalized spacial score (nSPS) is 17.4. The van der Waals surface area contributed by atoms with E-state index in [1.165, 1.54) is 5.56 Å². The predicted molar refractivity (Wildman–Crippen MR) is 94.4 cm³/mol. The van der Waals surface area contributed by atoms with Crippen LogP contribution in [0.2, 0.25) is 0 Å². The van der Waals surface area contributed by atoms with E-state index in [1.54, 1.807) is 23.1 Å². The fourth-order valence-electron chi connectivity index (χ4n) is 1.48. The van der Waals surface area contributed by atoms with Crippen molar-refractivity contribution in [2.75, 3.05) is 6.26 Å². The number of nitrogens with one attached hydrogen (secondary N) is 1. The Morgan fingerprint density at radius 2 is 1.40 bits per heavy atom. The van der Waals surface area contributed by atoms with Crippen molar-refractivity contribution in [3.05, 3.63) is 35.4 Å². The van der Waals surface area contributed by atoms with Crippen LogP contribution < -0.4 is 5.16 Å². The minimum absolute atomic E-state index is 0.837. The van der Waals surface area contributed by atoms with Crippen LogP contribution in [0.1, 0.15) is 11.1 Å². The van der Waals surface area contributed by atoms with E-state index in [9.17, 15) is 26.3 Å². The smallest absolute Gasteiger partial charge is 0.485 e. The lowest BCUT2D eigenvalue weighted by atomic mass is 10.0. The molecule has 0 saturated carbocycles. The van der Waals surface area contributed by atoms with Gasteiger partial charge in [-0.1, -0.05) is 30.0 Å². The molecule has 0 unspecified atom stereocenters. The molecule has 2 rings (SSSR count). The van der Waals surface area contributed by atoms with E-state index in [4.69, 9.17) is 31.1 Å². The Morgan fingerprint density at radius 1 is 1.00 bits per heavy atom. The lowest BCUT2D eigenvalue weighted by Gasteiger charge is -2.09. The van der Waals surface area contributed by atoms with Crippen molar-refractivity contribution in [2.24, 2.45) is 0 Å². The molecule has 30 heavy (non-hydrogen) atoms. The summed E-state index contributed by atoms with van der Waals surface area (Å²) < 4.78 is 119. The molecule has 0 radical (unpaired) electrons. The Labute approximate surface area is 174 Å². The zero-order valence-corrected chi connectivity index (χ0v) is 17.6. The first-order valence-corrected chi connectivity index (χ1v) is 11.8. The van der Waals surface area contributed by atoms with E-state index in [2.05, 4.69) is 11.2 Å². The molecular weight excluding hydrogens is 512 g/mol. The van der Waals surface area contributed by atoms with Gasteiger partial charge in [0.05, 0.1) is 5.56 Å². The highest BCUT2D eigenvalue weighted by Crippen LogP contribution is 2.25. The average Bonchev–Trinajstić information content (AvgIpc) is 2.58. The van der Waals surface area contributed by atoms with Gasteiger partial charge in [-0.05, 0) is 16.8 Å². The van der Waals surface area contributed by atoms with Crippen LogP contribution in [0.3, 0.4) is 0 Å². The maximum absolute atomic E-state index is 10.7. The zero-order chi connectivity index (χ0) is 24.0. The number of hydrogen-bond acceptors (Lipinski definition) is 8. The summed E-state index contributed by atoms with van der Waals surface area (Å²) in [6, 6.07) is 8.14. The fraction of sp³-hybridized carbons (Fsp3) is 0.333. The van der Waals surface area contributed by atoms with Crippen LogP contribution >= 0.6 is 11.8 Å². The number of benzene rings is 1. The van der Waals surface area contributed by atoms with E-state index in [0.29, 0.717) is 0 Å². The second-order valence-electron chi connectivity index (χ2n) is 4.72. The molecule has 0 fully saturated rings. The van der Waals surface area contributed by atoms with Crippen molar-refractivity contribution >= 4 is 53.3 Å². The van der Waals surface area contributed by atoms with Gasteiger partial charge in [-0.15, -0.1) is 0 Å². The number of fused-ring (bicyclic) bond motifs is 1. The van der Waals surface area contributed by atoms with Crippen molar-refractivity contribution < 1.29 is 62.6 Å². The SMILES string of the molecule is C[S+]=C1SCc2ccccc2/C1=[NH+]/O.O=S(=O)([O-])C(F)(F)F.O=S(=O)([O-])C(F)(F)F. The van der Waals surface area contributed by atoms with Gasteiger partial charge in [-0.25, -0.2) is 16.8 Å². The molecule has 0 aliphatic carbocycles. The molecule has 0 saturated heterocycles. The summed E-state index contributed by atoms with van der Waals surface area (Å²) in [5.74, 6) is 0.984. The second kappa shape index (κ2) is 10.7. The third kappa shape index (κ3) is 8.72. The molecule has 1 aromatic carbocycles. The lowest BCUT2D eigenvalue weighted by Crippen LogP contribution is -2.71. The summed E-state index contributed by atoms with van der Waals surface area (Å²) in [5, 5.41) is 11.4. The highest BCUT2D eigenvalue weighted by atomic mass is 32.2. The summed E-state index contributed by atoms with van der Waals surface area (Å²) in [5.41, 5.74) is -8.07. The van der Waals surface area contributed by atoms with Gasteiger partial charge in [-0.3, -0.25) is 5.21 Å². The van der Waals surface area contributed by atoms with E-state index in [0.717, 1.165) is 21.2 Å². The predicted octanol–water partition coefficient (Wildman–Crippen LogP) is 0.137. The number of rotatable bonds is 0. The standard InChI is InChI=1S/C10H9NOS2.2CHF3O3S/c1-13-10-9(11-12)8-5-3-2-4-7(8)6-14-10;2*2-1(3,4)8(5,6)7/h2-5H,6H2,1H3;2*(H,5,6,7)/b11-9-;;. The summed E-state index contributed by atoms with van der Waals surface area (Å²) in [6.45, 7) is 0. The van der Waals surface area contributed by atoms with Crippen molar-refractivity contribution in [1.82, 2.24) is 0 Å². The monoisotopic (exact) mass is 523 g/mol. The Hall–Kier alpha value is -1.47. The molecule has 1 aliphatic rings. The van der Waals surface area contributed by atoms with Crippen LogP contribution in [0.15, 0.2) is 24.3 Å². The number of alkyl halides is 6. The Morgan fingerprint density at radius 3 is 1.73 bits per heavy atom. The van der Waals surface area contributed by atoms with E-state index < -0.39 is 31.3 Å². The van der Waals surface area contributed by atoms with Crippen LogP contribution in [0, 0.1) is 0 Å². The van der Waals surface area contributed by atoms with Gasteiger partial charge >= 0.3 is 20.9 Å². The van der Waals surface area contributed by atoms with Gasteiger partial charge in [0.2, 0.25) is 0 Å². The van der Waals surface area contributed by atoms with Gasteiger partial charge in [0.1, 0.15) is 0 Å². The van der Waals surface area contributed by atoms with Gasteiger partial charge < -0.3 is 9.11 Å². The van der Waals surface area contributed by atoms with Crippen LogP contribution in [-0.4, -0.2) is 58.3 Å². The first kappa shape index (κ1) is 28.5. The summed E-state index contributed by atoms with van der Waals surface area (Å²) in [4.78, 5) is 0. The van der Waals surface area contributed by atoms with Crippen LogP contribution in [0.5, 0.6) is 0 Å². The van der Waals surface area contributed by atoms with Crippen LogP contribution in [0.4, 0.5) is 26.3 Å². The minimum atomic E-state index is -6.09. The third-order valence-electron chi connectivity index (χ3n) is 2.71. The van der Waals surface area contributed by atoms with E-state index >= 15 is 0 Å². The second-order valence-corrected chi connectivity index (χ2v) is 9.53. The molecular formula is C12H11F6NO7S4. The van der Waals surface area contributed by atoms with E-state index in [-0.39, 0.29) is 0 Å². The molecule has 0 atom stereocenters. The average molecular weight is 523 g/mol. The van der Waals surface area contributed by atoms with Crippen molar-refractivity contribution in [3.8, 4) is 0 Å². The van der Waals surface area contributed by atoms with Crippen molar-refractivity contribution in [1.29, 1.82) is 0 Å². The summed E-state index contributed by atoms with van der Waals surface area (Å²) >= 11 is 3.42. The highest BCUT2D eigenvalue weighted by molar-refractivity contribution is 8.24. The van der Waals surface area contributed by atoms with E-state index in [1.807, 2.05) is 24.5 Å². The van der Waals surface area contributed by atoms with Crippen molar-refractivity contribution in [2.45, 2.75) is 16.8 Å². The maximum atomic E-state index is 10.7. The van der Waals surface area contributed by atoms with Gasteiger partial charge in [0.15, 0.2) is 37.8 Å². The minimum Gasteiger partial charge on any atom is -0.741 e. The summed E-state index contributed by atoms with van der Waals surface area (Å²) in [6.07, 6.45) is 2.02. The highest BCUT2D eigenvalue weighted by Gasteiger charge is 2.37. The summed E-state index contributed by atoms with van der Waals surface area (Å²) in [7, 11) is -12.2. The molecule has 0 aromatic heterocycles. The number of thioether (sulfide) groups is 1. The molecule has 8 nitrogen and oxygen atoms in total. The molecule has 0 amide bonds. The molecule has 1 heterocycles. The molecule has 0 spiro atoms. The molecule has 172 valence electrons. The third-order valence-corrected chi connectivity index (χ3v) is 6.20. The Kier molecular flexibility index (Phi) is 10.2. The molecule has 0 bridgehead atoms. The molecule has 1 aliphatic heterocycles. The fourth-order valence-corrected chi connectivity index (χ4v) is 3.33. The molecule has 18 heteroatoms. The number of halogens is 6. The largest absolute Gasteiger partial charge is 0.741 e. The Balaban J connectivity index is 0.000000456. The van der Waals surface area contributed by atoms with Gasteiger partial charge in [-0.2, -0.15) is 26.3 Å². The molecule has 1 aromatic rings. The first-order chi connectivity index (χ1) is 13.4. The zero-order valence-electron chi connectivity index (χ0n) is 14.3. The van der Waals surface area contributed by atoms with Crippen LogP contribution in [-0.2, 0) is 37.3 Å². The molecule has 2 N–H and O–H groups in total. The Bertz CT molecular complexity index is 959. The van der Waals surface area contributed by atoms with Gasteiger partial charge in [0, 0.05) is 5.75 Å². The number of hydrogen-bond donors (Lipinski definition) is 2.